The number of allylic oxidation sites excluding steroid dienone is 2. The van der Waals surface area contributed by atoms with E-state index in [4.69, 9.17) is 0 Å². The van der Waals surface area contributed by atoms with Gasteiger partial charge in [-0.25, -0.2) is 0 Å². The summed E-state index contributed by atoms with van der Waals surface area (Å²) in [5, 5.41) is 10.2. The molecule has 3 aliphatic rings. The van der Waals surface area contributed by atoms with Gasteiger partial charge in [0.25, 0.3) is 0 Å². The van der Waals surface area contributed by atoms with Crippen molar-refractivity contribution in [1.82, 2.24) is 20.9 Å². The van der Waals surface area contributed by atoms with E-state index in [9.17, 15) is 9.59 Å². The van der Waals surface area contributed by atoms with Crippen molar-refractivity contribution in [3.63, 3.8) is 0 Å². The largest absolute Gasteiger partial charge is 0.372 e. The second-order valence-corrected chi connectivity index (χ2v) is 8.57. The summed E-state index contributed by atoms with van der Waals surface area (Å²) in [6.07, 6.45) is 7.86. The first-order valence-corrected chi connectivity index (χ1v) is 10.8. The monoisotopic (exact) mass is 386 g/mol. The third-order valence-electron chi connectivity index (χ3n) is 5.57. The van der Waals surface area contributed by atoms with Crippen LogP contribution in [-0.4, -0.2) is 34.1 Å². The molecule has 7 heteroatoms. The molecule has 1 aromatic heterocycles. The van der Waals surface area contributed by atoms with E-state index in [0.29, 0.717) is 6.42 Å². The highest BCUT2D eigenvalue weighted by Gasteiger charge is 2.48. The van der Waals surface area contributed by atoms with Gasteiger partial charge in [0.2, 0.25) is 5.91 Å². The van der Waals surface area contributed by atoms with E-state index < -0.39 is 0 Å². The van der Waals surface area contributed by atoms with Gasteiger partial charge in [-0.3, -0.25) is 19.9 Å². The van der Waals surface area contributed by atoms with E-state index in [2.05, 4.69) is 27.9 Å². The first-order valence-electron chi connectivity index (χ1n) is 9.79. The number of ketones is 1. The van der Waals surface area contributed by atoms with Crippen LogP contribution < -0.4 is 16.0 Å². The fourth-order valence-electron chi connectivity index (χ4n) is 4.28. The Hall–Kier alpha value is -1.86. The molecule has 2 aliphatic heterocycles. The highest BCUT2D eigenvalue weighted by molar-refractivity contribution is 7.99. The first-order chi connectivity index (χ1) is 13.2. The van der Waals surface area contributed by atoms with Crippen molar-refractivity contribution in [3.8, 4) is 0 Å². The summed E-state index contributed by atoms with van der Waals surface area (Å²) in [6.45, 7) is 2.17. The van der Waals surface area contributed by atoms with Gasteiger partial charge in [-0.15, -0.1) is 11.8 Å². The minimum atomic E-state index is -0.351. The number of rotatable bonds is 5. The molecule has 0 radical (unpaired) electrons. The zero-order valence-electron chi connectivity index (χ0n) is 15.5. The maximum atomic E-state index is 13.1. The molecule has 0 bridgehead atoms. The van der Waals surface area contributed by atoms with Crippen LogP contribution >= 0.6 is 11.8 Å². The molecule has 1 saturated heterocycles. The number of amides is 1. The van der Waals surface area contributed by atoms with Crippen LogP contribution in [0.3, 0.4) is 0 Å². The molecule has 0 spiro atoms. The number of unbranched alkanes of at least 4 members (excludes halogenated alkanes) is 1. The highest BCUT2D eigenvalue weighted by atomic mass is 32.2. The Bertz CT molecular complexity index is 752. The average molecular weight is 387 g/mol. The molecule has 4 unspecified atom stereocenters. The average Bonchev–Trinajstić information content (AvgIpc) is 2.67. The molecule has 1 aliphatic carbocycles. The predicted octanol–water partition coefficient (Wildman–Crippen LogP) is 2.25. The zero-order chi connectivity index (χ0) is 18.8. The topological polar surface area (TPSA) is 83.1 Å². The number of carbonyl (C=O) groups is 2. The molecular formula is C20H26N4O2S. The lowest BCUT2D eigenvalue weighted by molar-refractivity contribution is -0.130. The van der Waals surface area contributed by atoms with Crippen LogP contribution in [0, 0.1) is 5.92 Å². The van der Waals surface area contributed by atoms with Gasteiger partial charge in [0.05, 0.1) is 12.1 Å². The number of fused-ring (bicyclic) bond motifs is 1. The Balaban J connectivity index is 1.67. The SMILES string of the molecule is CCCCSC1NC(=O)C2C(NC3=C(C(=O)CCC3)C2c2ccncc2)N1. The Kier molecular flexibility index (Phi) is 5.50. The Morgan fingerprint density at radius 1 is 1.19 bits per heavy atom. The fraction of sp³-hybridized carbons (Fsp3) is 0.550. The molecule has 6 nitrogen and oxygen atoms in total. The van der Waals surface area contributed by atoms with E-state index in [1.807, 2.05) is 12.1 Å². The van der Waals surface area contributed by atoms with E-state index in [1.165, 1.54) is 0 Å². The van der Waals surface area contributed by atoms with Crippen molar-refractivity contribution in [2.75, 3.05) is 5.75 Å². The molecule has 27 heavy (non-hydrogen) atoms. The normalized spacial score (nSPS) is 30.3. The van der Waals surface area contributed by atoms with Crippen LogP contribution in [0.15, 0.2) is 35.8 Å². The first kappa shape index (κ1) is 18.5. The molecule has 1 fully saturated rings. The Morgan fingerprint density at radius 3 is 2.78 bits per heavy atom. The van der Waals surface area contributed by atoms with Crippen molar-refractivity contribution in [1.29, 1.82) is 0 Å². The van der Waals surface area contributed by atoms with Gasteiger partial charge in [-0.05, 0) is 42.7 Å². The molecule has 3 heterocycles. The van der Waals surface area contributed by atoms with Crippen LogP contribution in [0.4, 0.5) is 0 Å². The molecular weight excluding hydrogens is 360 g/mol. The third-order valence-corrected chi connectivity index (χ3v) is 6.68. The molecule has 3 N–H and O–H groups in total. The van der Waals surface area contributed by atoms with Crippen molar-refractivity contribution >= 4 is 23.5 Å². The fourth-order valence-corrected chi connectivity index (χ4v) is 5.42. The van der Waals surface area contributed by atoms with Gasteiger partial charge in [-0.2, -0.15) is 0 Å². The third kappa shape index (κ3) is 3.62. The van der Waals surface area contributed by atoms with Crippen LogP contribution in [0.1, 0.15) is 50.5 Å². The summed E-state index contributed by atoms with van der Waals surface area (Å²) in [5.41, 5.74) is 2.69. The standard InChI is InChI=1S/C20H26N4O2S/c1-2-3-11-27-20-23-18-17(19(26)24-20)15(12-7-9-21-10-8-12)16-13(22-18)5-4-6-14(16)25/h7-10,15,17-18,20,22-23H,2-6,11H2,1H3,(H,24,26). The van der Waals surface area contributed by atoms with Gasteiger partial charge in [0.15, 0.2) is 5.78 Å². The van der Waals surface area contributed by atoms with Crippen molar-refractivity contribution in [2.24, 2.45) is 5.92 Å². The highest BCUT2D eigenvalue weighted by Crippen LogP contribution is 2.43. The second kappa shape index (κ2) is 8.02. The lowest BCUT2D eigenvalue weighted by atomic mass is 9.71. The van der Waals surface area contributed by atoms with Gasteiger partial charge in [0, 0.05) is 36.0 Å². The maximum Gasteiger partial charge on any atom is 0.229 e. The number of nitrogens with one attached hydrogen (secondary N) is 3. The minimum absolute atomic E-state index is 0.00647. The number of pyridine rings is 1. The number of hydrogen-bond acceptors (Lipinski definition) is 6. The maximum absolute atomic E-state index is 13.1. The van der Waals surface area contributed by atoms with Crippen molar-refractivity contribution < 1.29 is 9.59 Å². The predicted molar refractivity (Wildman–Crippen MR) is 106 cm³/mol. The smallest absolute Gasteiger partial charge is 0.229 e. The van der Waals surface area contributed by atoms with Crippen LogP contribution in [-0.2, 0) is 9.59 Å². The molecule has 1 amide bonds. The molecule has 0 aromatic carbocycles. The van der Waals surface area contributed by atoms with Gasteiger partial charge in [0.1, 0.15) is 5.50 Å². The van der Waals surface area contributed by atoms with E-state index >= 15 is 0 Å². The Morgan fingerprint density at radius 2 is 2.00 bits per heavy atom. The van der Waals surface area contributed by atoms with E-state index in [1.54, 1.807) is 24.2 Å². The molecule has 0 saturated carbocycles. The van der Waals surface area contributed by atoms with Gasteiger partial charge in [-0.1, -0.05) is 13.3 Å². The lowest BCUT2D eigenvalue weighted by Crippen LogP contribution is -2.67. The van der Waals surface area contributed by atoms with E-state index in [-0.39, 0.29) is 35.2 Å². The summed E-state index contributed by atoms with van der Waals surface area (Å²) in [7, 11) is 0. The minimum Gasteiger partial charge on any atom is -0.372 e. The number of aromatic nitrogens is 1. The second-order valence-electron chi connectivity index (χ2n) is 7.35. The van der Waals surface area contributed by atoms with Crippen LogP contribution in [0.25, 0.3) is 0 Å². The lowest BCUT2D eigenvalue weighted by Gasteiger charge is -2.47. The van der Waals surface area contributed by atoms with Crippen LogP contribution in [0.2, 0.25) is 0 Å². The van der Waals surface area contributed by atoms with E-state index in [0.717, 1.165) is 48.3 Å². The summed E-state index contributed by atoms with van der Waals surface area (Å²) in [4.78, 5) is 29.9. The summed E-state index contributed by atoms with van der Waals surface area (Å²) in [5.74, 6) is 0.599. The zero-order valence-corrected chi connectivity index (χ0v) is 16.3. The number of thioether (sulfide) groups is 1. The van der Waals surface area contributed by atoms with Gasteiger partial charge < -0.3 is 10.6 Å². The number of carbonyl (C=O) groups excluding carboxylic acids is 2. The molecule has 144 valence electrons. The molecule has 4 atom stereocenters. The quantitative estimate of drug-likeness (QED) is 0.674. The number of hydrogen-bond donors (Lipinski definition) is 3. The molecule has 1 aromatic rings. The summed E-state index contributed by atoms with van der Waals surface area (Å²) < 4.78 is 0. The van der Waals surface area contributed by atoms with Crippen molar-refractivity contribution in [3.05, 3.63) is 41.4 Å². The Labute approximate surface area is 164 Å². The van der Waals surface area contributed by atoms with Crippen LogP contribution in [0.5, 0.6) is 0 Å². The number of nitrogens with zero attached hydrogens (tertiary/aromatic N) is 1. The summed E-state index contributed by atoms with van der Waals surface area (Å²) >= 11 is 1.73. The number of Topliss-reactive ketones (excluding diaryl/α,β-unsaturated/α-hetero) is 1. The molecule has 4 rings (SSSR count). The summed E-state index contributed by atoms with van der Waals surface area (Å²) in [6, 6.07) is 3.85. The van der Waals surface area contributed by atoms with Crippen molar-refractivity contribution in [2.45, 2.75) is 56.6 Å². The van der Waals surface area contributed by atoms with Gasteiger partial charge >= 0.3 is 0 Å².